The molecule has 0 atom stereocenters. The largest absolute Gasteiger partial charge is 0.368 e. The number of nitrogens with zero attached hydrogens (tertiary/aromatic N) is 3. The van der Waals surface area contributed by atoms with Gasteiger partial charge in [-0.1, -0.05) is 48.0 Å². The van der Waals surface area contributed by atoms with Crippen LogP contribution in [0, 0.1) is 0 Å². The van der Waals surface area contributed by atoms with Gasteiger partial charge in [-0.25, -0.2) is 9.97 Å². The molecule has 28 heavy (non-hydrogen) atoms. The first kappa shape index (κ1) is 18.4. The van der Waals surface area contributed by atoms with E-state index < -0.39 is 0 Å². The minimum atomic E-state index is -0.0764. The van der Waals surface area contributed by atoms with Gasteiger partial charge in [-0.05, 0) is 41.7 Å². The molecule has 1 aromatic heterocycles. The van der Waals surface area contributed by atoms with Crippen LogP contribution in [0.4, 0.5) is 5.82 Å². The molecule has 0 saturated heterocycles. The number of carbonyl (C=O) groups is 1. The number of amides is 1. The van der Waals surface area contributed by atoms with Crippen molar-refractivity contribution >= 4 is 23.3 Å². The summed E-state index contributed by atoms with van der Waals surface area (Å²) in [7, 11) is 0. The summed E-state index contributed by atoms with van der Waals surface area (Å²) in [4.78, 5) is 23.2. The maximum atomic E-state index is 12.7. The minimum Gasteiger partial charge on any atom is -0.368 e. The van der Waals surface area contributed by atoms with Crippen LogP contribution in [0.25, 0.3) is 0 Å². The lowest BCUT2D eigenvalue weighted by molar-refractivity contribution is 0.0728. The maximum Gasteiger partial charge on any atom is 0.274 e. The summed E-state index contributed by atoms with van der Waals surface area (Å²) in [6.07, 6.45) is 4.86. The van der Waals surface area contributed by atoms with Crippen molar-refractivity contribution in [2.75, 3.05) is 18.4 Å². The Hall–Kier alpha value is -2.92. The molecule has 5 nitrogen and oxygen atoms in total. The fourth-order valence-corrected chi connectivity index (χ4v) is 3.60. The van der Waals surface area contributed by atoms with E-state index in [9.17, 15) is 4.79 Å². The Morgan fingerprint density at radius 2 is 1.93 bits per heavy atom. The third kappa shape index (κ3) is 4.31. The minimum absolute atomic E-state index is 0.0764. The standard InChI is InChI=1S/C22H21ClN4O/c23-19-7-3-4-16(12-19)8-10-24-21-14-25-20(13-26-21)22(28)27-11-9-17-5-1-2-6-18(17)15-27/h1-7,12-14H,8-11,15H2,(H,24,26). The lowest BCUT2D eigenvalue weighted by Gasteiger charge is -2.28. The van der Waals surface area contributed by atoms with E-state index in [0.29, 0.717) is 31.1 Å². The van der Waals surface area contributed by atoms with Crippen molar-refractivity contribution in [1.29, 1.82) is 0 Å². The molecule has 0 fully saturated rings. The highest BCUT2D eigenvalue weighted by Crippen LogP contribution is 2.20. The molecule has 3 aromatic rings. The van der Waals surface area contributed by atoms with Crippen molar-refractivity contribution in [3.05, 3.63) is 88.3 Å². The molecular weight excluding hydrogens is 372 g/mol. The zero-order chi connectivity index (χ0) is 19.3. The SMILES string of the molecule is O=C(c1cnc(NCCc2cccc(Cl)c2)cn1)N1CCc2ccccc2C1. The molecule has 0 unspecified atom stereocenters. The van der Waals surface area contributed by atoms with Gasteiger partial charge in [0, 0.05) is 24.7 Å². The Labute approximate surface area is 169 Å². The molecule has 2 aromatic carbocycles. The van der Waals surface area contributed by atoms with Crippen LogP contribution in [0.2, 0.25) is 5.02 Å². The van der Waals surface area contributed by atoms with E-state index in [1.54, 1.807) is 12.4 Å². The van der Waals surface area contributed by atoms with Crippen molar-refractivity contribution in [2.45, 2.75) is 19.4 Å². The number of rotatable bonds is 5. The third-order valence-corrected chi connectivity index (χ3v) is 5.13. The van der Waals surface area contributed by atoms with Gasteiger partial charge in [0.15, 0.2) is 0 Å². The van der Waals surface area contributed by atoms with Crippen LogP contribution < -0.4 is 5.32 Å². The number of nitrogens with one attached hydrogen (secondary N) is 1. The molecule has 1 N–H and O–H groups in total. The lowest BCUT2D eigenvalue weighted by atomic mass is 10.00. The van der Waals surface area contributed by atoms with Crippen LogP contribution in [0.5, 0.6) is 0 Å². The Kier molecular flexibility index (Phi) is 5.53. The van der Waals surface area contributed by atoms with Gasteiger partial charge in [0.25, 0.3) is 5.91 Å². The van der Waals surface area contributed by atoms with Crippen molar-refractivity contribution in [3.8, 4) is 0 Å². The first-order valence-corrected chi connectivity index (χ1v) is 9.73. The number of carbonyl (C=O) groups excluding carboxylic acids is 1. The number of anilines is 1. The predicted octanol–water partition coefficient (Wildman–Crippen LogP) is 3.98. The van der Waals surface area contributed by atoms with E-state index >= 15 is 0 Å². The Bertz CT molecular complexity index is 974. The van der Waals surface area contributed by atoms with Gasteiger partial charge < -0.3 is 10.2 Å². The van der Waals surface area contributed by atoms with Crippen LogP contribution in [-0.2, 0) is 19.4 Å². The molecule has 0 aliphatic carbocycles. The number of hydrogen-bond donors (Lipinski definition) is 1. The number of benzene rings is 2. The van der Waals surface area contributed by atoms with Crippen LogP contribution in [0.15, 0.2) is 60.9 Å². The summed E-state index contributed by atoms with van der Waals surface area (Å²) in [5, 5.41) is 3.97. The zero-order valence-electron chi connectivity index (χ0n) is 15.4. The fourth-order valence-electron chi connectivity index (χ4n) is 3.39. The second kappa shape index (κ2) is 8.40. The van der Waals surface area contributed by atoms with Crippen LogP contribution >= 0.6 is 11.6 Å². The van der Waals surface area contributed by atoms with E-state index in [2.05, 4.69) is 27.4 Å². The molecule has 1 aliphatic heterocycles. The summed E-state index contributed by atoms with van der Waals surface area (Å²) in [6.45, 7) is 2.04. The second-order valence-electron chi connectivity index (χ2n) is 6.84. The van der Waals surface area contributed by atoms with Gasteiger partial charge in [-0.3, -0.25) is 4.79 Å². The van der Waals surface area contributed by atoms with Gasteiger partial charge in [0.05, 0.1) is 12.4 Å². The Balaban J connectivity index is 1.33. The van der Waals surface area contributed by atoms with E-state index in [1.165, 1.54) is 11.1 Å². The molecule has 142 valence electrons. The van der Waals surface area contributed by atoms with Gasteiger partial charge in [-0.15, -0.1) is 0 Å². The van der Waals surface area contributed by atoms with E-state index in [1.807, 2.05) is 41.3 Å². The van der Waals surface area contributed by atoms with Crippen molar-refractivity contribution < 1.29 is 4.79 Å². The Morgan fingerprint density at radius 3 is 2.71 bits per heavy atom. The molecule has 4 rings (SSSR count). The van der Waals surface area contributed by atoms with Gasteiger partial charge >= 0.3 is 0 Å². The first-order valence-electron chi connectivity index (χ1n) is 9.35. The van der Waals surface area contributed by atoms with E-state index in [-0.39, 0.29) is 5.91 Å². The fraction of sp³-hybridized carbons (Fsp3) is 0.227. The van der Waals surface area contributed by atoms with Crippen molar-refractivity contribution in [2.24, 2.45) is 0 Å². The molecule has 6 heteroatoms. The monoisotopic (exact) mass is 392 g/mol. The summed E-state index contributed by atoms with van der Waals surface area (Å²) in [6, 6.07) is 16.0. The topological polar surface area (TPSA) is 58.1 Å². The summed E-state index contributed by atoms with van der Waals surface area (Å²) in [5.74, 6) is 0.579. The third-order valence-electron chi connectivity index (χ3n) is 4.90. The van der Waals surface area contributed by atoms with Gasteiger partial charge in [0.2, 0.25) is 0 Å². The van der Waals surface area contributed by atoms with Gasteiger partial charge in [0.1, 0.15) is 11.5 Å². The normalized spacial score (nSPS) is 13.1. The van der Waals surface area contributed by atoms with Crippen molar-refractivity contribution in [1.82, 2.24) is 14.9 Å². The van der Waals surface area contributed by atoms with Crippen molar-refractivity contribution in [3.63, 3.8) is 0 Å². The van der Waals surface area contributed by atoms with Gasteiger partial charge in [-0.2, -0.15) is 0 Å². The molecule has 0 saturated carbocycles. The molecule has 0 radical (unpaired) electrons. The zero-order valence-corrected chi connectivity index (χ0v) is 16.2. The maximum absolute atomic E-state index is 12.7. The molecule has 0 spiro atoms. The molecule has 1 amide bonds. The first-order chi connectivity index (χ1) is 13.7. The number of fused-ring (bicyclic) bond motifs is 1. The highest BCUT2D eigenvalue weighted by molar-refractivity contribution is 6.30. The van der Waals surface area contributed by atoms with Crippen LogP contribution in [-0.4, -0.2) is 33.9 Å². The predicted molar refractivity (Wildman–Crippen MR) is 111 cm³/mol. The van der Waals surface area contributed by atoms with E-state index in [4.69, 9.17) is 11.6 Å². The average Bonchev–Trinajstić information content (AvgIpc) is 2.73. The quantitative estimate of drug-likeness (QED) is 0.713. The Morgan fingerprint density at radius 1 is 1.07 bits per heavy atom. The average molecular weight is 393 g/mol. The summed E-state index contributed by atoms with van der Waals surface area (Å²) in [5.41, 5.74) is 4.05. The van der Waals surface area contributed by atoms with E-state index in [0.717, 1.165) is 23.4 Å². The molecule has 1 aliphatic rings. The number of halogens is 1. The lowest BCUT2D eigenvalue weighted by Crippen LogP contribution is -2.36. The highest BCUT2D eigenvalue weighted by atomic mass is 35.5. The molecule has 2 heterocycles. The van der Waals surface area contributed by atoms with Crippen LogP contribution in [0.1, 0.15) is 27.2 Å². The second-order valence-corrected chi connectivity index (χ2v) is 7.28. The number of aromatic nitrogens is 2. The van der Waals surface area contributed by atoms with Crippen LogP contribution in [0.3, 0.4) is 0 Å². The smallest absolute Gasteiger partial charge is 0.274 e. The highest BCUT2D eigenvalue weighted by Gasteiger charge is 2.22. The molecular formula is C22H21ClN4O. The summed E-state index contributed by atoms with van der Waals surface area (Å²) >= 11 is 6.00. The number of hydrogen-bond acceptors (Lipinski definition) is 4. The molecule has 0 bridgehead atoms. The summed E-state index contributed by atoms with van der Waals surface area (Å²) < 4.78 is 0.